The molecule has 0 saturated carbocycles. The van der Waals surface area contributed by atoms with Crippen molar-refractivity contribution in [2.45, 2.75) is 112 Å². The summed E-state index contributed by atoms with van der Waals surface area (Å²) in [5.41, 5.74) is 9.69. The van der Waals surface area contributed by atoms with Crippen molar-refractivity contribution in [2.24, 2.45) is 9.98 Å². The minimum absolute atomic E-state index is 0.974. The number of aryl methyl sites for hydroxylation is 4. The van der Waals surface area contributed by atoms with Crippen molar-refractivity contribution in [1.82, 2.24) is 0 Å². The van der Waals surface area contributed by atoms with E-state index in [1.54, 1.807) is 0 Å². The van der Waals surface area contributed by atoms with Crippen LogP contribution in [0.1, 0.15) is 108 Å². The first-order valence-corrected chi connectivity index (χ1v) is 13.3. The van der Waals surface area contributed by atoms with E-state index in [-0.39, 0.29) is 0 Å². The lowest BCUT2D eigenvalue weighted by Crippen LogP contribution is -2.10. The van der Waals surface area contributed by atoms with Crippen molar-refractivity contribution in [1.29, 1.82) is 0 Å². The second-order valence-corrected chi connectivity index (χ2v) is 9.63. The van der Waals surface area contributed by atoms with E-state index in [0.29, 0.717) is 0 Å². The molecule has 0 fully saturated rings. The van der Waals surface area contributed by atoms with Crippen LogP contribution in [0.2, 0.25) is 0 Å². The lowest BCUT2D eigenvalue weighted by atomic mass is 10.00. The summed E-state index contributed by atoms with van der Waals surface area (Å²) in [6, 6.07) is 13.6. The van der Waals surface area contributed by atoms with Crippen LogP contribution in [0.3, 0.4) is 0 Å². The van der Waals surface area contributed by atoms with Crippen LogP contribution < -0.4 is 0 Å². The molecule has 0 aliphatic carbocycles. The Labute approximate surface area is 203 Å². The standard InChI is InChI=1S/C31H46N2/c1-7-10-13-15-27-21-28(16-14-11-8-2)23-30(22-27)33-31(17-12-9-3)26(6)32-29-19-24(4)18-25(5)20-29/h18-23H,7-17H2,1-6H3. The first-order chi connectivity index (χ1) is 15.9. The molecule has 0 N–H and O–H groups in total. The number of rotatable bonds is 14. The highest BCUT2D eigenvalue weighted by atomic mass is 14.8. The molecule has 2 aromatic rings. The molecule has 0 aromatic heterocycles. The van der Waals surface area contributed by atoms with Gasteiger partial charge in [0.15, 0.2) is 0 Å². The predicted molar refractivity (Wildman–Crippen MR) is 148 cm³/mol. The number of benzene rings is 2. The van der Waals surface area contributed by atoms with Gasteiger partial charge in [-0.15, -0.1) is 0 Å². The maximum atomic E-state index is 5.20. The Kier molecular flexibility index (Phi) is 12.1. The van der Waals surface area contributed by atoms with Crippen molar-refractivity contribution in [2.75, 3.05) is 0 Å². The van der Waals surface area contributed by atoms with Crippen molar-refractivity contribution in [3.8, 4) is 0 Å². The van der Waals surface area contributed by atoms with Crippen LogP contribution in [0.25, 0.3) is 0 Å². The molecule has 0 radical (unpaired) electrons. The maximum Gasteiger partial charge on any atom is 0.0639 e. The van der Waals surface area contributed by atoms with E-state index in [2.05, 4.69) is 77.9 Å². The van der Waals surface area contributed by atoms with E-state index >= 15 is 0 Å². The van der Waals surface area contributed by atoms with Gasteiger partial charge in [0, 0.05) is 0 Å². The van der Waals surface area contributed by atoms with E-state index in [4.69, 9.17) is 9.98 Å². The fourth-order valence-corrected chi connectivity index (χ4v) is 4.35. The smallest absolute Gasteiger partial charge is 0.0639 e. The molecule has 2 aromatic carbocycles. The first kappa shape index (κ1) is 27.0. The summed E-state index contributed by atoms with van der Waals surface area (Å²) in [4.78, 5) is 10.2. The van der Waals surface area contributed by atoms with Crippen molar-refractivity contribution in [3.05, 3.63) is 58.7 Å². The zero-order valence-electron chi connectivity index (χ0n) is 22.1. The van der Waals surface area contributed by atoms with Crippen LogP contribution in [-0.2, 0) is 12.8 Å². The second kappa shape index (κ2) is 14.8. The van der Waals surface area contributed by atoms with Gasteiger partial charge in [0.05, 0.1) is 22.8 Å². The number of aliphatic imine (C=N–C) groups is 2. The molecule has 0 aliphatic heterocycles. The van der Waals surface area contributed by atoms with Gasteiger partial charge in [-0.25, -0.2) is 0 Å². The Morgan fingerprint density at radius 2 is 1.12 bits per heavy atom. The molecule has 0 aliphatic rings. The minimum atomic E-state index is 0.974. The van der Waals surface area contributed by atoms with Crippen LogP contribution >= 0.6 is 0 Å². The topological polar surface area (TPSA) is 24.7 Å². The van der Waals surface area contributed by atoms with Gasteiger partial charge < -0.3 is 0 Å². The number of unbranched alkanes of at least 4 members (excludes halogenated alkanes) is 5. The normalized spacial score (nSPS) is 12.4. The third kappa shape index (κ3) is 10.1. The third-order valence-corrected chi connectivity index (χ3v) is 6.13. The predicted octanol–water partition coefficient (Wildman–Crippen LogP) is 9.82. The fraction of sp³-hybridized carbons (Fsp3) is 0.548. The van der Waals surface area contributed by atoms with E-state index in [9.17, 15) is 0 Å². The first-order valence-electron chi connectivity index (χ1n) is 13.3. The van der Waals surface area contributed by atoms with Crippen LogP contribution in [0.15, 0.2) is 46.4 Å². The largest absolute Gasteiger partial charge is 0.252 e. The quantitative estimate of drug-likeness (QED) is 0.204. The highest BCUT2D eigenvalue weighted by molar-refractivity contribution is 6.42. The van der Waals surface area contributed by atoms with E-state index < -0.39 is 0 Å². The van der Waals surface area contributed by atoms with E-state index in [1.165, 1.54) is 60.8 Å². The van der Waals surface area contributed by atoms with Gasteiger partial charge in [-0.3, -0.25) is 9.98 Å². The lowest BCUT2D eigenvalue weighted by Gasteiger charge is -2.11. The Hall–Kier alpha value is -2.22. The summed E-state index contributed by atoms with van der Waals surface area (Å²) in [7, 11) is 0. The van der Waals surface area contributed by atoms with E-state index in [0.717, 1.165) is 54.9 Å². The van der Waals surface area contributed by atoms with Gasteiger partial charge in [0.2, 0.25) is 0 Å². The molecule has 0 unspecified atom stereocenters. The highest BCUT2D eigenvalue weighted by Gasteiger charge is 2.08. The lowest BCUT2D eigenvalue weighted by molar-refractivity contribution is 0.709. The maximum absolute atomic E-state index is 5.20. The molecule has 2 heteroatoms. The van der Waals surface area contributed by atoms with Crippen LogP contribution in [0, 0.1) is 13.8 Å². The molecule has 2 rings (SSSR count). The molecule has 180 valence electrons. The fourth-order valence-electron chi connectivity index (χ4n) is 4.35. The van der Waals surface area contributed by atoms with E-state index in [1.807, 2.05) is 0 Å². The van der Waals surface area contributed by atoms with Gasteiger partial charge >= 0.3 is 0 Å². The molecule has 0 bridgehead atoms. The van der Waals surface area contributed by atoms with Crippen LogP contribution in [-0.4, -0.2) is 11.4 Å². The monoisotopic (exact) mass is 446 g/mol. The molecule has 0 heterocycles. The number of hydrogen-bond donors (Lipinski definition) is 0. The summed E-state index contributed by atoms with van der Waals surface area (Å²) in [6.07, 6.45) is 13.2. The molecule has 0 saturated heterocycles. The summed E-state index contributed by atoms with van der Waals surface area (Å²) in [5.74, 6) is 0. The SMILES string of the molecule is CCCCCc1cc(CCCCC)cc(N=C(CCCC)C(C)=Nc2cc(C)cc(C)c2)c1. The van der Waals surface area contributed by atoms with Gasteiger partial charge in [0.1, 0.15) is 0 Å². The zero-order valence-corrected chi connectivity index (χ0v) is 22.1. The summed E-state index contributed by atoms with van der Waals surface area (Å²) in [6.45, 7) is 13.2. The van der Waals surface area contributed by atoms with Crippen molar-refractivity contribution >= 4 is 22.8 Å². The molecular weight excluding hydrogens is 400 g/mol. The third-order valence-electron chi connectivity index (χ3n) is 6.13. The highest BCUT2D eigenvalue weighted by Crippen LogP contribution is 2.24. The van der Waals surface area contributed by atoms with Gasteiger partial charge in [0.25, 0.3) is 0 Å². The molecule has 33 heavy (non-hydrogen) atoms. The molecule has 2 nitrogen and oxygen atoms in total. The molecule has 0 spiro atoms. The Morgan fingerprint density at radius 3 is 1.64 bits per heavy atom. The van der Waals surface area contributed by atoms with Gasteiger partial charge in [-0.2, -0.15) is 0 Å². The second-order valence-electron chi connectivity index (χ2n) is 9.63. The Balaban J connectivity index is 2.40. The zero-order chi connectivity index (χ0) is 24.1. The van der Waals surface area contributed by atoms with Gasteiger partial charge in [-0.1, -0.05) is 65.0 Å². The number of hydrogen-bond acceptors (Lipinski definition) is 2. The number of nitrogens with zero attached hydrogens (tertiary/aromatic N) is 2. The van der Waals surface area contributed by atoms with Crippen molar-refractivity contribution in [3.63, 3.8) is 0 Å². The van der Waals surface area contributed by atoms with Crippen LogP contribution in [0.4, 0.5) is 11.4 Å². The Morgan fingerprint density at radius 1 is 0.606 bits per heavy atom. The molecule has 0 atom stereocenters. The summed E-state index contributed by atoms with van der Waals surface area (Å²) in [5, 5.41) is 0. The Bertz CT molecular complexity index is 872. The molecule has 0 amide bonds. The minimum Gasteiger partial charge on any atom is -0.252 e. The van der Waals surface area contributed by atoms with Crippen molar-refractivity contribution < 1.29 is 0 Å². The summed E-state index contributed by atoms with van der Waals surface area (Å²) < 4.78 is 0. The molecular formula is C31H46N2. The average molecular weight is 447 g/mol. The van der Waals surface area contributed by atoms with Crippen LogP contribution in [0.5, 0.6) is 0 Å². The summed E-state index contributed by atoms with van der Waals surface area (Å²) >= 11 is 0. The van der Waals surface area contributed by atoms with Gasteiger partial charge in [-0.05, 0) is 106 Å². The average Bonchev–Trinajstić information content (AvgIpc) is 2.76.